The number of carbonyl (C=O) groups excluding carboxylic acids is 2. The highest BCUT2D eigenvalue weighted by Crippen LogP contribution is 2.30. The Morgan fingerprint density at radius 2 is 1.73 bits per heavy atom. The summed E-state index contributed by atoms with van der Waals surface area (Å²) in [6.07, 6.45) is 1.25. The topological polar surface area (TPSA) is 86.8 Å². The number of nitrogens with zero attached hydrogens (tertiary/aromatic N) is 2. The second kappa shape index (κ2) is 11.7. The van der Waals surface area contributed by atoms with E-state index in [0.29, 0.717) is 23.6 Å². The van der Waals surface area contributed by atoms with Gasteiger partial charge < -0.3 is 10.2 Å². The molecule has 1 atom stereocenters. The van der Waals surface area contributed by atoms with Crippen molar-refractivity contribution in [1.82, 2.24) is 10.2 Å². The molecule has 0 aliphatic rings. The van der Waals surface area contributed by atoms with Gasteiger partial charge in [0.2, 0.25) is 21.8 Å². The molecule has 0 spiro atoms. The van der Waals surface area contributed by atoms with Crippen LogP contribution < -0.4 is 9.62 Å². The van der Waals surface area contributed by atoms with Crippen LogP contribution in [-0.2, 0) is 26.2 Å². The zero-order valence-corrected chi connectivity index (χ0v) is 20.8. The first-order valence-corrected chi connectivity index (χ1v) is 12.8. The third-order valence-corrected chi connectivity index (χ3v) is 6.53. The third kappa shape index (κ3) is 7.31. The van der Waals surface area contributed by atoms with Gasteiger partial charge in [0.1, 0.15) is 18.4 Å². The van der Waals surface area contributed by atoms with Crippen molar-refractivity contribution >= 4 is 50.7 Å². The summed E-state index contributed by atoms with van der Waals surface area (Å²) in [6, 6.07) is 8.90. The van der Waals surface area contributed by atoms with Crippen LogP contribution in [0, 0.1) is 5.82 Å². The van der Waals surface area contributed by atoms with Gasteiger partial charge in [-0.1, -0.05) is 42.3 Å². The van der Waals surface area contributed by atoms with Crippen LogP contribution in [0.1, 0.15) is 25.8 Å². The summed E-state index contributed by atoms with van der Waals surface area (Å²) in [5.74, 6) is -1.42. The average Bonchev–Trinajstić information content (AvgIpc) is 2.73. The summed E-state index contributed by atoms with van der Waals surface area (Å²) in [5, 5.41) is 3.06. The Morgan fingerprint density at radius 3 is 2.24 bits per heavy atom. The fourth-order valence-corrected chi connectivity index (χ4v) is 4.70. The van der Waals surface area contributed by atoms with E-state index in [4.69, 9.17) is 23.2 Å². The Hall–Kier alpha value is -2.36. The van der Waals surface area contributed by atoms with Crippen molar-refractivity contribution in [2.24, 2.45) is 0 Å². The Balaban J connectivity index is 2.45. The number of hydrogen-bond donors (Lipinski definition) is 1. The molecule has 1 N–H and O–H groups in total. The van der Waals surface area contributed by atoms with Gasteiger partial charge in [0, 0.05) is 18.1 Å². The SMILES string of the molecule is CCNC(=O)C(CC)N(Cc1ccc(F)cc1)C(=O)CN(c1ccc(Cl)cc1Cl)S(C)(=O)=O. The van der Waals surface area contributed by atoms with Gasteiger partial charge in [-0.3, -0.25) is 13.9 Å². The van der Waals surface area contributed by atoms with Crippen LogP contribution in [0.3, 0.4) is 0 Å². The number of benzene rings is 2. The minimum Gasteiger partial charge on any atom is -0.355 e. The molecule has 2 aromatic carbocycles. The fourth-order valence-electron chi connectivity index (χ4n) is 3.28. The molecule has 0 fully saturated rings. The lowest BCUT2D eigenvalue weighted by molar-refractivity contribution is -0.140. The molecule has 2 rings (SSSR count). The summed E-state index contributed by atoms with van der Waals surface area (Å²) in [4.78, 5) is 27.4. The maximum Gasteiger partial charge on any atom is 0.244 e. The van der Waals surface area contributed by atoms with Crippen molar-refractivity contribution in [3.8, 4) is 0 Å². The number of likely N-dealkylation sites (N-methyl/N-ethyl adjacent to an activating group) is 1. The standard InChI is InChI=1S/C22H26Cl2FN3O4S/c1-4-19(22(30)26-5-2)27(13-15-6-9-17(25)10-7-15)21(29)14-28(33(3,31)32)20-11-8-16(23)12-18(20)24/h6-12,19H,4-5,13-14H2,1-3H3,(H,26,30). The molecular formula is C22H26Cl2FN3O4S. The highest BCUT2D eigenvalue weighted by molar-refractivity contribution is 7.92. The molecule has 0 radical (unpaired) electrons. The number of rotatable bonds is 10. The largest absolute Gasteiger partial charge is 0.355 e. The van der Waals surface area contributed by atoms with Crippen LogP contribution in [-0.4, -0.2) is 50.5 Å². The molecule has 2 aromatic rings. The van der Waals surface area contributed by atoms with Gasteiger partial charge in [0.05, 0.1) is 17.0 Å². The van der Waals surface area contributed by atoms with Crippen molar-refractivity contribution in [2.75, 3.05) is 23.7 Å². The summed E-state index contributed by atoms with van der Waals surface area (Å²) < 4.78 is 39.3. The Morgan fingerprint density at radius 1 is 1.09 bits per heavy atom. The van der Waals surface area contributed by atoms with E-state index in [-0.39, 0.29) is 23.2 Å². The van der Waals surface area contributed by atoms with E-state index in [1.54, 1.807) is 13.8 Å². The number of anilines is 1. The molecule has 0 saturated heterocycles. The van der Waals surface area contributed by atoms with E-state index in [9.17, 15) is 22.4 Å². The summed E-state index contributed by atoms with van der Waals surface area (Å²) >= 11 is 12.1. The highest BCUT2D eigenvalue weighted by atomic mass is 35.5. The molecule has 1 unspecified atom stereocenters. The maximum absolute atomic E-state index is 13.4. The van der Waals surface area contributed by atoms with Crippen molar-refractivity contribution in [3.63, 3.8) is 0 Å². The smallest absolute Gasteiger partial charge is 0.244 e. The van der Waals surface area contributed by atoms with Crippen molar-refractivity contribution < 1.29 is 22.4 Å². The van der Waals surface area contributed by atoms with Gasteiger partial charge in [-0.15, -0.1) is 0 Å². The van der Waals surface area contributed by atoms with Gasteiger partial charge in [0.25, 0.3) is 0 Å². The fraction of sp³-hybridized carbons (Fsp3) is 0.364. The molecule has 2 amide bonds. The normalized spacial score (nSPS) is 12.2. The number of hydrogen-bond acceptors (Lipinski definition) is 4. The Labute approximate surface area is 203 Å². The third-order valence-electron chi connectivity index (χ3n) is 4.86. The Kier molecular flexibility index (Phi) is 9.51. The molecular weight excluding hydrogens is 492 g/mol. The van der Waals surface area contributed by atoms with E-state index in [2.05, 4.69) is 5.32 Å². The highest BCUT2D eigenvalue weighted by Gasteiger charge is 2.32. The average molecular weight is 518 g/mol. The summed E-state index contributed by atoms with van der Waals surface area (Å²) in [6.45, 7) is 3.27. The molecule has 180 valence electrons. The first-order chi connectivity index (χ1) is 15.5. The van der Waals surface area contributed by atoms with Crippen LogP contribution in [0.4, 0.5) is 10.1 Å². The van der Waals surface area contributed by atoms with E-state index in [0.717, 1.165) is 10.6 Å². The van der Waals surface area contributed by atoms with Gasteiger partial charge in [-0.2, -0.15) is 0 Å². The van der Waals surface area contributed by atoms with Crippen LogP contribution in [0.25, 0.3) is 0 Å². The predicted octanol–water partition coefficient (Wildman–Crippen LogP) is 3.84. The molecule has 33 heavy (non-hydrogen) atoms. The van der Waals surface area contributed by atoms with Crippen molar-refractivity contribution in [3.05, 3.63) is 63.9 Å². The number of amides is 2. The molecule has 0 saturated carbocycles. The van der Waals surface area contributed by atoms with E-state index in [1.165, 1.54) is 47.4 Å². The quantitative estimate of drug-likeness (QED) is 0.518. The van der Waals surface area contributed by atoms with Gasteiger partial charge in [0.15, 0.2) is 0 Å². The molecule has 11 heteroatoms. The van der Waals surface area contributed by atoms with Gasteiger partial charge >= 0.3 is 0 Å². The van der Waals surface area contributed by atoms with Gasteiger partial charge in [-0.05, 0) is 49.2 Å². The summed E-state index contributed by atoms with van der Waals surface area (Å²) in [5.41, 5.74) is 0.674. The van der Waals surface area contributed by atoms with Crippen LogP contribution >= 0.6 is 23.2 Å². The molecule has 0 aliphatic heterocycles. The van der Waals surface area contributed by atoms with E-state index < -0.39 is 34.3 Å². The van der Waals surface area contributed by atoms with Crippen LogP contribution in [0.15, 0.2) is 42.5 Å². The Bertz CT molecular complexity index is 1100. The number of nitrogens with one attached hydrogen (secondary N) is 1. The predicted molar refractivity (Wildman–Crippen MR) is 128 cm³/mol. The second-order valence-electron chi connectivity index (χ2n) is 7.33. The number of halogens is 3. The molecule has 0 heterocycles. The first kappa shape index (κ1) is 26.9. The zero-order chi connectivity index (χ0) is 24.8. The molecule has 0 bridgehead atoms. The maximum atomic E-state index is 13.4. The van der Waals surface area contributed by atoms with Crippen molar-refractivity contribution in [1.29, 1.82) is 0 Å². The number of sulfonamides is 1. The molecule has 0 aromatic heterocycles. The lowest BCUT2D eigenvalue weighted by Crippen LogP contribution is -2.52. The minimum absolute atomic E-state index is 0.0132. The van der Waals surface area contributed by atoms with Crippen LogP contribution in [0.5, 0.6) is 0 Å². The van der Waals surface area contributed by atoms with Crippen LogP contribution in [0.2, 0.25) is 10.0 Å². The lowest BCUT2D eigenvalue weighted by Gasteiger charge is -2.33. The van der Waals surface area contributed by atoms with E-state index in [1.807, 2.05) is 0 Å². The monoisotopic (exact) mass is 517 g/mol. The minimum atomic E-state index is -3.92. The number of carbonyl (C=O) groups is 2. The zero-order valence-electron chi connectivity index (χ0n) is 18.5. The summed E-state index contributed by atoms with van der Waals surface area (Å²) in [7, 11) is -3.92. The molecule has 7 nitrogen and oxygen atoms in total. The second-order valence-corrected chi connectivity index (χ2v) is 10.1. The molecule has 0 aliphatic carbocycles. The van der Waals surface area contributed by atoms with Crippen molar-refractivity contribution in [2.45, 2.75) is 32.9 Å². The van der Waals surface area contributed by atoms with E-state index >= 15 is 0 Å². The van der Waals surface area contributed by atoms with Gasteiger partial charge in [-0.25, -0.2) is 12.8 Å². The lowest BCUT2D eigenvalue weighted by atomic mass is 10.1. The first-order valence-electron chi connectivity index (χ1n) is 10.2.